The summed E-state index contributed by atoms with van der Waals surface area (Å²) in [5.74, 6) is 1.66. The molecule has 14 rings (SSSR count). The fraction of sp³-hybridized carbons (Fsp3) is 0.216. The van der Waals surface area contributed by atoms with E-state index < -0.39 is 0 Å². The van der Waals surface area contributed by atoms with Gasteiger partial charge in [-0.1, -0.05) is 292 Å². The summed E-state index contributed by atoms with van der Waals surface area (Å²) in [6, 6.07) is 81.5. The van der Waals surface area contributed by atoms with E-state index in [4.69, 9.17) is 0 Å². The molecule has 0 spiro atoms. The number of hydrogen-bond donors (Lipinski definition) is 0. The second-order valence-corrected chi connectivity index (χ2v) is 31.6. The van der Waals surface area contributed by atoms with Crippen molar-refractivity contribution in [1.29, 1.82) is 0 Å². The van der Waals surface area contributed by atoms with E-state index in [1.54, 1.807) is 23.3 Å². The normalized spacial score (nSPS) is 13.9. The van der Waals surface area contributed by atoms with E-state index in [9.17, 15) is 0 Å². The molecule has 4 heteroatoms. The Morgan fingerprint density at radius 3 is 0.910 bits per heavy atom. The van der Waals surface area contributed by atoms with Crippen LogP contribution in [0.2, 0.25) is 13.1 Å². The van der Waals surface area contributed by atoms with Gasteiger partial charge in [-0.05, 0) is 78.9 Å². The van der Waals surface area contributed by atoms with Crippen LogP contribution >= 0.6 is 0 Å². The van der Waals surface area contributed by atoms with Gasteiger partial charge in [0.25, 0.3) is 0 Å². The van der Waals surface area contributed by atoms with Gasteiger partial charge < -0.3 is 24.8 Å². The predicted octanol–water partition coefficient (Wildman–Crippen LogP) is 15.4. The van der Waals surface area contributed by atoms with E-state index in [-0.39, 0.29) is 30.2 Å². The molecule has 2 fully saturated rings. The first-order chi connectivity index (χ1) is 37.4. The average molecular weight is 1150 g/mol. The second kappa shape index (κ2) is 25.5. The van der Waals surface area contributed by atoms with Crippen molar-refractivity contribution >= 4 is 70.1 Å². The number of hydrogen-bond acceptors (Lipinski definition) is 0. The third-order valence-electron chi connectivity index (χ3n) is 16.7. The SMILES string of the molecule is C[Si](C)=[Zr+2].[Cl-].[Cl-].c1ccc2c(-c3ccc(-c4cccc5ccccc45)c4[cH-]c(CC5CCCCC5)cc34)cccc2c1.c1ccc2c(-c3ccc(-c4cccc5ccccc45)c4[cH-]c(CC5CCCCC5)cc34)cccc2c1. The molecule has 2 aliphatic carbocycles. The summed E-state index contributed by atoms with van der Waals surface area (Å²) in [5, 5.41) is 16.1. The van der Waals surface area contributed by atoms with Gasteiger partial charge in [0.05, 0.1) is 0 Å². The molecule has 0 N–H and O–H groups in total. The van der Waals surface area contributed by atoms with Crippen LogP contribution in [0.3, 0.4) is 0 Å². The van der Waals surface area contributed by atoms with Crippen molar-refractivity contribution in [2.24, 2.45) is 11.8 Å². The van der Waals surface area contributed by atoms with Gasteiger partial charge in [-0.15, -0.1) is 44.8 Å². The Bertz CT molecular complexity index is 3520. The van der Waals surface area contributed by atoms with E-state index in [2.05, 4.69) is 231 Å². The Hall–Kier alpha value is -5.86. The van der Waals surface area contributed by atoms with Gasteiger partial charge in [-0.2, -0.15) is 12.1 Å². The largest absolute Gasteiger partial charge is 1.00 e. The van der Waals surface area contributed by atoms with Crippen LogP contribution in [0.4, 0.5) is 0 Å². The molecule has 0 nitrogen and oxygen atoms in total. The van der Waals surface area contributed by atoms with E-state index in [0.29, 0.717) is 0 Å². The van der Waals surface area contributed by atoms with Crippen molar-refractivity contribution in [3.63, 3.8) is 0 Å². The Labute approximate surface area is 490 Å². The number of rotatable bonds is 8. The zero-order chi connectivity index (χ0) is 51.4. The third kappa shape index (κ3) is 11.9. The molecular weight excluding hydrogens is 1080 g/mol. The smallest absolute Gasteiger partial charge is 0.0114 e. The molecule has 12 aromatic rings. The molecule has 0 amide bonds. The van der Waals surface area contributed by atoms with Crippen LogP contribution in [0.25, 0.3) is 109 Å². The van der Waals surface area contributed by atoms with E-state index in [0.717, 1.165) is 11.8 Å². The Balaban J connectivity index is 0.000000161. The zero-order valence-corrected chi connectivity index (χ0v) is 50.2. The maximum absolute atomic E-state index is 2.51. The first-order valence-electron chi connectivity index (χ1n) is 28.3. The van der Waals surface area contributed by atoms with Crippen LogP contribution in [0.1, 0.15) is 75.3 Å². The topological polar surface area (TPSA) is 0 Å². The molecule has 0 unspecified atom stereocenters. The van der Waals surface area contributed by atoms with Gasteiger partial charge in [0, 0.05) is 0 Å². The molecule has 0 aromatic heterocycles. The maximum Gasteiger partial charge on any atom is -0.0114 e. The van der Waals surface area contributed by atoms with Crippen LogP contribution in [-0.2, 0) is 36.2 Å². The molecule has 0 atom stereocenters. The molecule has 2 saturated carbocycles. The number of benzene rings is 10. The van der Waals surface area contributed by atoms with Gasteiger partial charge in [0.1, 0.15) is 0 Å². The minimum Gasteiger partial charge on any atom is -1.00 e. The van der Waals surface area contributed by atoms with Gasteiger partial charge >= 0.3 is 41.9 Å². The van der Waals surface area contributed by atoms with Crippen LogP contribution in [-0.4, -0.2) is 5.43 Å². The van der Waals surface area contributed by atoms with Crippen LogP contribution < -0.4 is 24.8 Å². The summed E-state index contributed by atoms with van der Waals surface area (Å²) in [5.41, 5.74) is 13.9. The fourth-order valence-corrected chi connectivity index (χ4v) is 13.2. The Morgan fingerprint density at radius 2 is 0.590 bits per heavy atom. The molecule has 0 radical (unpaired) electrons. The summed E-state index contributed by atoms with van der Waals surface area (Å²) in [4.78, 5) is 0. The Kier molecular flexibility index (Phi) is 18.1. The maximum atomic E-state index is 2.51. The van der Waals surface area contributed by atoms with Gasteiger partial charge in [-0.25, -0.2) is 0 Å². The van der Waals surface area contributed by atoms with Crippen molar-refractivity contribution < 1.29 is 48.1 Å². The third-order valence-corrected chi connectivity index (χ3v) is 16.7. The van der Waals surface area contributed by atoms with Crippen LogP contribution in [0.5, 0.6) is 0 Å². The minimum absolute atomic E-state index is 0. The average Bonchev–Trinajstić information content (AvgIpc) is 4.16. The fourth-order valence-electron chi connectivity index (χ4n) is 13.2. The summed E-state index contributed by atoms with van der Waals surface area (Å²) in [6.45, 7) is 4.62. The molecule has 0 aliphatic heterocycles. The molecule has 0 bridgehead atoms. The zero-order valence-electron chi connectivity index (χ0n) is 45.2. The molecule has 0 saturated heterocycles. The van der Waals surface area contributed by atoms with Gasteiger partial charge in [0.2, 0.25) is 0 Å². The monoisotopic (exact) mass is 1140 g/mol. The van der Waals surface area contributed by atoms with Gasteiger partial charge in [-0.3, -0.25) is 0 Å². The minimum atomic E-state index is 0. The summed E-state index contributed by atoms with van der Waals surface area (Å²) in [6.07, 6.45) is 16.4. The van der Waals surface area contributed by atoms with Crippen LogP contribution in [0.15, 0.2) is 218 Å². The summed E-state index contributed by atoms with van der Waals surface area (Å²) in [7, 11) is 0. The van der Waals surface area contributed by atoms with Crippen molar-refractivity contribution in [3.8, 4) is 44.5 Å². The Morgan fingerprint density at radius 1 is 0.333 bits per heavy atom. The predicted molar refractivity (Wildman–Crippen MR) is 329 cm³/mol. The molecule has 2 aliphatic rings. The molecule has 12 aromatic carbocycles. The first kappa shape index (κ1) is 55.5. The van der Waals surface area contributed by atoms with Crippen LogP contribution in [0, 0.1) is 11.8 Å². The van der Waals surface area contributed by atoms with Gasteiger partial charge in [0.15, 0.2) is 0 Å². The first-order valence-corrected chi connectivity index (χ1v) is 34.5. The summed E-state index contributed by atoms with van der Waals surface area (Å²) < 4.78 is 0. The molecule has 0 heterocycles. The molecule has 388 valence electrons. The quantitative estimate of drug-likeness (QED) is 0.105. The number of halogens is 2. The van der Waals surface area contributed by atoms with Crippen molar-refractivity contribution in [2.75, 3.05) is 0 Å². The number of fused-ring (bicyclic) bond motifs is 6. The van der Waals surface area contributed by atoms with E-state index in [1.165, 1.54) is 197 Å². The van der Waals surface area contributed by atoms with Crippen molar-refractivity contribution in [3.05, 3.63) is 230 Å². The standard InChI is InChI=1S/2C36H31.C2H6Si.2ClH.Zr/c2*1-2-10-25(11-3-1)22-26-23-35-33(31-18-8-14-27-12-4-6-16-29(27)31)20-21-34(36(35)24-26)32-19-9-15-28-13-5-7-17-30(28)32;1-3-2;;;/h2*4-9,12-21,23-25H,1-3,10-11,22H2;1-2H3;2*1H;/q2*-1;;;;+2/p-2. The van der Waals surface area contributed by atoms with E-state index in [1.807, 2.05) is 0 Å². The second-order valence-electron chi connectivity index (χ2n) is 22.2. The molecule has 78 heavy (non-hydrogen) atoms. The summed E-state index contributed by atoms with van der Waals surface area (Å²) >= 11 is 1.74. The molecular formula is C74H68Cl2SiZr-2. The van der Waals surface area contributed by atoms with Crippen molar-refractivity contribution in [1.82, 2.24) is 0 Å². The van der Waals surface area contributed by atoms with Crippen molar-refractivity contribution in [2.45, 2.75) is 90.1 Å². The van der Waals surface area contributed by atoms with E-state index >= 15 is 0 Å².